The van der Waals surface area contributed by atoms with Crippen molar-refractivity contribution in [1.82, 2.24) is 0 Å². The fraction of sp³-hybridized carbons (Fsp3) is 0.571. The van der Waals surface area contributed by atoms with Crippen molar-refractivity contribution in [2.24, 2.45) is 5.73 Å². The first-order valence-electron chi connectivity index (χ1n) is 6.32. The van der Waals surface area contributed by atoms with Crippen molar-refractivity contribution in [1.29, 1.82) is 0 Å². The molecule has 0 amide bonds. The lowest BCUT2D eigenvalue weighted by molar-refractivity contribution is 0.353. The zero-order valence-electron chi connectivity index (χ0n) is 10.9. The maximum absolute atomic E-state index is 10.4. The number of phenolic OH excluding ortho intramolecular Hbond substituents is 1. The summed E-state index contributed by atoms with van der Waals surface area (Å²) < 4.78 is 6.21. The van der Waals surface area contributed by atoms with Gasteiger partial charge in [0.25, 0.3) is 0 Å². The van der Waals surface area contributed by atoms with Crippen LogP contribution in [0.2, 0.25) is 0 Å². The molecule has 0 spiro atoms. The van der Waals surface area contributed by atoms with Gasteiger partial charge in [0.2, 0.25) is 0 Å². The van der Waals surface area contributed by atoms with Crippen molar-refractivity contribution < 1.29 is 9.84 Å². The van der Waals surface area contributed by atoms with E-state index in [-0.39, 0.29) is 11.2 Å². The number of hydrogen-bond acceptors (Lipinski definition) is 3. The molecule has 1 aliphatic carbocycles. The maximum Gasteiger partial charge on any atom is 0.161 e. The van der Waals surface area contributed by atoms with Gasteiger partial charge in [-0.1, -0.05) is 28.8 Å². The molecule has 100 valence electrons. The van der Waals surface area contributed by atoms with E-state index in [0.717, 1.165) is 28.4 Å². The highest BCUT2D eigenvalue weighted by molar-refractivity contribution is 9.10. The third-order valence-electron chi connectivity index (χ3n) is 4.16. The molecule has 1 saturated carbocycles. The summed E-state index contributed by atoms with van der Waals surface area (Å²) in [5.74, 6) is 0.771. The van der Waals surface area contributed by atoms with Crippen molar-refractivity contribution in [2.75, 3.05) is 13.7 Å². The van der Waals surface area contributed by atoms with Crippen molar-refractivity contribution >= 4 is 15.9 Å². The Morgan fingerprint density at radius 1 is 1.44 bits per heavy atom. The SMILES string of the molecule is COc1cc(Br)c(C)c(C2(CN)CCCC2)c1O. The number of hydrogen-bond donors (Lipinski definition) is 2. The largest absolute Gasteiger partial charge is 0.504 e. The number of aromatic hydroxyl groups is 1. The molecule has 1 aromatic rings. The first kappa shape index (κ1) is 13.7. The number of halogens is 1. The first-order valence-corrected chi connectivity index (χ1v) is 7.11. The molecule has 2 rings (SSSR count). The summed E-state index contributed by atoms with van der Waals surface area (Å²) in [6.07, 6.45) is 4.42. The van der Waals surface area contributed by atoms with Gasteiger partial charge in [0.15, 0.2) is 11.5 Å². The van der Waals surface area contributed by atoms with E-state index in [0.29, 0.717) is 12.3 Å². The third-order valence-corrected chi connectivity index (χ3v) is 4.99. The van der Waals surface area contributed by atoms with Crippen LogP contribution in [0.1, 0.15) is 36.8 Å². The van der Waals surface area contributed by atoms with Crippen LogP contribution in [0.4, 0.5) is 0 Å². The minimum atomic E-state index is -0.0920. The van der Waals surface area contributed by atoms with Crippen LogP contribution in [0, 0.1) is 6.92 Å². The van der Waals surface area contributed by atoms with Crippen LogP contribution < -0.4 is 10.5 Å². The lowest BCUT2D eigenvalue weighted by Crippen LogP contribution is -2.33. The fourth-order valence-electron chi connectivity index (χ4n) is 3.12. The Morgan fingerprint density at radius 3 is 2.56 bits per heavy atom. The van der Waals surface area contributed by atoms with Crippen molar-refractivity contribution in [3.63, 3.8) is 0 Å². The Kier molecular flexibility index (Phi) is 3.87. The predicted molar refractivity (Wildman–Crippen MR) is 76.3 cm³/mol. The van der Waals surface area contributed by atoms with E-state index >= 15 is 0 Å². The fourth-order valence-corrected chi connectivity index (χ4v) is 3.53. The monoisotopic (exact) mass is 313 g/mol. The Bertz CT molecular complexity index is 454. The summed E-state index contributed by atoms with van der Waals surface area (Å²) in [4.78, 5) is 0. The van der Waals surface area contributed by atoms with Crippen LogP contribution >= 0.6 is 15.9 Å². The molecule has 1 aliphatic rings. The van der Waals surface area contributed by atoms with Gasteiger partial charge in [0.1, 0.15) is 0 Å². The van der Waals surface area contributed by atoms with Gasteiger partial charge in [-0.2, -0.15) is 0 Å². The molecular weight excluding hydrogens is 294 g/mol. The molecular formula is C14H20BrNO2. The third kappa shape index (κ3) is 2.01. The standard InChI is InChI=1S/C14H20BrNO2/c1-9-10(15)7-11(18-2)13(17)12(9)14(8-16)5-3-4-6-14/h7,17H,3-6,8,16H2,1-2H3. The predicted octanol–water partition coefficient (Wildman–Crippen LogP) is 3.24. The summed E-state index contributed by atoms with van der Waals surface area (Å²) in [5, 5.41) is 10.4. The minimum Gasteiger partial charge on any atom is -0.504 e. The van der Waals surface area contributed by atoms with Crippen LogP contribution in [0.15, 0.2) is 10.5 Å². The van der Waals surface area contributed by atoms with Gasteiger partial charge in [0.05, 0.1) is 7.11 Å². The molecule has 0 saturated heterocycles. The molecule has 3 N–H and O–H groups in total. The van der Waals surface area contributed by atoms with Crippen molar-refractivity contribution in [2.45, 2.75) is 38.0 Å². The number of ether oxygens (including phenoxy) is 1. The molecule has 0 atom stereocenters. The van der Waals surface area contributed by atoms with Crippen molar-refractivity contribution in [3.05, 3.63) is 21.7 Å². The van der Waals surface area contributed by atoms with Crippen LogP contribution in [0.3, 0.4) is 0 Å². The molecule has 0 bridgehead atoms. The number of benzene rings is 1. The van der Waals surface area contributed by atoms with E-state index in [1.54, 1.807) is 7.11 Å². The van der Waals surface area contributed by atoms with Crippen LogP contribution in [0.5, 0.6) is 11.5 Å². The van der Waals surface area contributed by atoms with E-state index in [9.17, 15) is 5.11 Å². The highest BCUT2D eigenvalue weighted by atomic mass is 79.9. The Hall–Kier alpha value is -0.740. The molecule has 0 unspecified atom stereocenters. The second kappa shape index (κ2) is 5.10. The second-order valence-electron chi connectivity index (χ2n) is 5.10. The van der Waals surface area contributed by atoms with Gasteiger partial charge < -0.3 is 15.6 Å². The highest BCUT2D eigenvalue weighted by Gasteiger charge is 2.39. The topological polar surface area (TPSA) is 55.5 Å². The first-order chi connectivity index (χ1) is 8.55. The summed E-state index contributed by atoms with van der Waals surface area (Å²) in [6.45, 7) is 2.59. The molecule has 1 aromatic carbocycles. The van der Waals surface area contributed by atoms with Gasteiger partial charge in [0, 0.05) is 22.0 Å². The van der Waals surface area contributed by atoms with Crippen LogP contribution in [-0.2, 0) is 5.41 Å². The van der Waals surface area contributed by atoms with Gasteiger partial charge in [-0.25, -0.2) is 0 Å². The molecule has 0 aromatic heterocycles. The van der Waals surface area contributed by atoms with Gasteiger partial charge in [-0.15, -0.1) is 0 Å². The van der Waals surface area contributed by atoms with E-state index in [1.165, 1.54) is 12.8 Å². The smallest absolute Gasteiger partial charge is 0.161 e. The highest BCUT2D eigenvalue weighted by Crippen LogP contribution is 2.49. The average molecular weight is 314 g/mol. The zero-order chi connectivity index (χ0) is 13.3. The van der Waals surface area contributed by atoms with E-state index in [4.69, 9.17) is 10.5 Å². The molecule has 4 heteroatoms. The number of nitrogens with two attached hydrogens (primary N) is 1. The normalized spacial score (nSPS) is 18.0. The average Bonchev–Trinajstić information content (AvgIpc) is 2.84. The van der Waals surface area contributed by atoms with Gasteiger partial charge in [-0.05, 0) is 31.4 Å². The molecule has 18 heavy (non-hydrogen) atoms. The molecule has 1 fully saturated rings. The molecule has 0 heterocycles. The summed E-state index contributed by atoms with van der Waals surface area (Å²) in [7, 11) is 1.57. The van der Waals surface area contributed by atoms with Gasteiger partial charge >= 0.3 is 0 Å². The summed E-state index contributed by atoms with van der Waals surface area (Å²) in [6, 6.07) is 1.81. The zero-order valence-corrected chi connectivity index (χ0v) is 12.5. The number of methoxy groups -OCH3 is 1. The lowest BCUT2D eigenvalue weighted by Gasteiger charge is -2.31. The minimum absolute atomic E-state index is 0.0920. The Balaban J connectivity index is 2.65. The lowest BCUT2D eigenvalue weighted by atomic mass is 9.76. The second-order valence-corrected chi connectivity index (χ2v) is 5.96. The quantitative estimate of drug-likeness (QED) is 0.900. The Morgan fingerprint density at radius 2 is 2.06 bits per heavy atom. The van der Waals surface area contributed by atoms with E-state index in [1.807, 2.05) is 13.0 Å². The number of rotatable bonds is 3. The Labute approximate surface area is 116 Å². The van der Waals surface area contributed by atoms with E-state index < -0.39 is 0 Å². The van der Waals surface area contributed by atoms with Crippen LogP contribution in [0.25, 0.3) is 0 Å². The maximum atomic E-state index is 10.4. The van der Waals surface area contributed by atoms with Crippen molar-refractivity contribution in [3.8, 4) is 11.5 Å². The summed E-state index contributed by atoms with van der Waals surface area (Å²) in [5.41, 5.74) is 7.96. The van der Waals surface area contributed by atoms with Crippen LogP contribution in [-0.4, -0.2) is 18.8 Å². The van der Waals surface area contributed by atoms with E-state index in [2.05, 4.69) is 15.9 Å². The number of phenols is 1. The van der Waals surface area contributed by atoms with Gasteiger partial charge in [-0.3, -0.25) is 0 Å². The summed E-state index contributed by atoms with van der Waals surface area (Å²) >= 11 is 3.54. The molecule has 0 radical (unpaired) electrons. The molecule has 3 nitrogen and oxygen atoms in total. The molecule has 0 aliphatic heterocycles.